The molecule has 3 aliphatic rings. The molecular formula is C17H31N3O. The Bertz CT molecular complexity index is 350. The van der Waals surface area contributed by atoms with E-state index >= 15 is 0 Å². The molecule has 0 spiro atoms. The molecule has 120 valence electrons. The highest BCUT2D eigenvalue weighted by atomic mass is 16.2. The van der Waals surface area contributed by atoms with E-state index in [1.165, 1.54) is 45.1 Å². The Balaban J connectivity index is 1.50. The first kappa shape index (κ1) is 15.3. The summed E-state index contributed by atoms with van der Waals surface area (Å²) in [6.45, 7) is 8.31. The number of nitrogens with zero attached hydrogens (tertiary/aromatic N) is 2. The van der Waals surface area contributed by atoms with Crippen LogP contribution in [0, 0.1) is 11.8 Å². The Labute approximate surface area is 129 Å². The molecule has 2 atom stereocenters. The van der Waals surface area contributed by atoms with E-state index in [1.807, 2.05) is 0 Å². The van der Waals surface area contributed by atoms with Gasteiger partial charge in [-0.2, -0.15) is 0 Å². The SMILES string of the molecule is CC1CCCN(C(=O)CN(CC2CCCNC2)C2CC2)C1. The fourth-order valence-corrected chi connectivity index (χ4v) is 3.88. The summed E-state index contributed by atoms with van der Waals surface area (Å²) in [6, 6.07) is 0.693. The summed E-state index contributed by atoms with van der Waals surface area (Å²) in [4.78, 5) is 17.2. The van der Waals surface area contributed by atoms with Gasteiger partial charge >= 0.3 is 0 Å². The Kier molecular flexibility index (Phi) is 5.17. The number of carbonyl (C=O) groups is 1. The van der Waals surface area contributed by atoms with Crippen molar-refractivity contribution in [3.63, 3.8) is 0 Å². The second-order valence-electron chi connectivity index (χ2n) is 7.46. The van der Waals surface area contributed by atoms with Gasteiger partial charge < -0.3 is 10.2 Å². The third-order valence-corrected chi connectivity index (χ3v) is 5.30. The van der Waals surface area contributed by atoms with Gasteiger partial charge in [0.15, 0.2) is 0 Å². The van der Waals surface area contributed by atoms with Crippen LogP contribution in [0.25, 0.3) is 0 Å². The van der Waals surface area contributed by atoms with Gasteiger partial charge in [0.2, 0.25) is 5.91 Å². The molecule has 1 N–H and O–H groups in total. The van der Waals surface area contributed by atoms with E-state index in [9.17, 15) is 4.79 Å². The van der Waals surface area contributed by atoms with Crippen LogP contribution in [-0.4, -0.2) is 61.0 Å². The van der Waals surface area contributed by atoms with E-state index in [0.29, 0.717) is 24.4 Å². The van der Waals surface area contributed by atoms with E-state index < -0.39 is 0 Å². The van der Waals surface area contributed by atoms with E-state index in [0.717, 1.165) is 32.1 Å². The Morgan fingerprint density at radius 2 is 2.10 bits per heavy atom. The highest BCUT2D eigenvalue weighted by Gasteiger charge is 2.33. The fraction of sp³-hybridized carbons (Fsp3) is 0.941. The zero-order valence-electron chi connectivity index (χ0n) is 13.5. The van der Waals surface area contributed by atoms with E-state index in [-0.39, 0.29) is 0 Å². The van der Waals surface area contributed by atoms with Crippen LogP contribution in [0.3, 0.4) is 0 Å². The third kappa shape index (κ3) is 4.43. The van der Waals surface area contributed by atoms with Crippen LogP contribution in [0.5, 0.6) is 0 Å². The second kappa shape index (κ2) is 7.10. The molecule has 2 saturated heterocycles. The van der Waals surface area contributed by atoms with Crippen molar-refractivity contribution in [2.45, 2.75) is 51.5 Å². The Morgan fingerprint density at radius 1 is 1.24 bits per heavy atom. The van der Waals surface area contributed by atoms with Gasteiger partial charge in [0.05, 0.1) is 6.54 Å². The number of hydrogen-bond acceptors (Lipinski definition) is 3. The summed E-state index contributed by atoms with van der Waals surface area (Å²) >= 11 is 0. The topological polar surface area (TPSA) is 35.6 Å². The molecular weight excluding hydrogens is 262 g/mol. The maximum absolute atomic E-state index is 12.6. The molecule has 3 rings (SSSR count). The Morgan fingerprint density at radius 3 is 2.76 bits per heavy atom. The lowest BCUT2D eigenvalue weighted by Crippen LogP contribution is -2.47. The van der Waals surface area contributed by atoms with Gasteiger partial charge in [0, 0.05) is 25.7 Å². The van der Waals surface area contributed by atoms with E-state index in [4.69, 9.17) is 0 Å². The molecule has 1 amide bonds. The van der Waals surface area contributed by atoms with Crippen LogP contribution in [-0.2, 0) is 4.79 Å². The summed E-state index contributed by atoms with van der Waals surface area (Å²) in [5, 5.41) is 3.50. The predicted molar refractivity (Wildman–Crippen MR) is 85.2 cm³/mol. The van der Waals surface area contributed by atoms with Gasteiger partial charge in [-0.15, -0.1) is 0 Å². The van der Waals surface area contributed by atoms with Crippen LogP contribution in [0.2, 0.25) is 0 Å². The largest absolute Gasteiger partial charge is 0.341 e. The molecule has 1 saturated carbocycles. The minimum absolute atomic E-state index is 0.372. The molecule has 2 unspecified atom stereocenters. The molecule has 21 heavy (non-hydrogen) atoms. The average Bonchev–Trinajstić information content (AvgIpc) is 3.32. The van der Waals surface area contributed by atoms with Crippen LogP contribution in [0.1, 0.15) is 45.4 Å². The van der Waals surface area contributed by atoms with Crippen molar-refractivity contribution >= 4 is 5.91 Å². The standard InChI is InChI=1S/C17H31N3O/c1-14-4-3-9-19(11-14)17(21)13-20(16-6-7-16)12-15-5-2-8-18-10-15/h14-16,18H,2-13H2,1H3. The van der Waals surface area contributed by atoms with Gasteiger partial charge in [0.25, 0.3) is 0 Å². The molecule has 0 radical (unpaired) electrons. The number of hydrogen-bond donors (Lipinski definition) is 1. The van der Waals surface area contributed by atoms with Crippen molar-refractivity contribution in [2.75, 3.05) is 39.3 Å². The highest BCUT2D eigenvalue weighted by Crippen LogP contribution is 2.28. The number of likely N-dealkylation sites (tertiary alicyclic amines) is 1. The first-order valence-corrected chi connectivity index (χ1v) is 8.95. The van der Waals surface area contributed by atoms with Crippen molar-refractivity contribution in [1.29, 1.82) is 0 Å². The Hall–Kier alpha value is -0.610. The molecule has 3 fully saturated rings. The van der Waals surface area contributed by atoms with Gasteiger partial charge in [0.1, 0.15) is 0 Å². The minimum atomic E-state index is 0.372. The summed E-state index contributed by atoms with van der Waals surface area (Å²) < 4.78 is 0. The van der Waals surface area contributed by atoms with Crippen molar-refractivity contribution < 1.29 is 4.79 Å². The molecule has 2 heterocycles. The van der Waals surface area contributed by atoms with Gasteiger partial charge in [-0.25, -0.2) is 0 Å². The summed E-state index contributed by atoms with van der Waals surface area (Å²) in [7, 11) is 0. The number of piperidine rings is 2. The fourth-order valence-electron chi connectivity index (χ4n) is 3.88. The lowest BCUT2D eigenvalue weighted by atomic mass is 9.98. The smallest absolute Gasteiger partial charge is 0.236 e. The number of nitrogens with one attached hydrogen (secondary N) is 1. The lowest BCUT2D eigenvalue weighted by Gasteiger charge is -2.34. The number of rotatable bonds is 5. The molecule has 0 aromatic carbocycles. The third-order valence-electron chi connectivity index (χ3n) is 5.30. The second-order valence-corrected chi connectivity index (χ2v) is 7.46. The normalized spacial score (nSPS) is 30.7. The number of carbonyl (C=O) groups excluding carboxylic acids is 1. The molecule has 4 nitrogen and oxygen atoms in total. The molecule has 0 aromatic rings. The monoisotopic (exact) mass is 293 g/mol. The van der Waals surface area contributed by atoms with Gasteiger partial charge in [-0.3, -0.25) is 9.69 Å². The first-order valence-electron chi connectivity index (χ1n) is 8.95. The highest BCUT2D eigenvalue weighted by molar-refractivity contribution is 5.78. The first-order chi connectivity index (χ1) is 10.2. The number of amides is 1. The maximum atomic E-state index is 12.6. The molecule has 0 aromatic heterocycles. The van der Waals surface area contributed by atoms with E-state index in [2.05, 4.69) is 22.0 Å². The predicted octanol–water partition coefficient (Wildman–Crippen LogP) is 1.71. The van der Waals surface area contributed by atoms with E-state index in [1.54, 1.807) is 0 Å². The summed E-state index contributed by atoms with van der Waals surface area (Å²) in [6.07, 6.45) is 7.67. The quantitative estimate of drug-likeness (QED) is 0.838. The summed E-state index contributed by atoms with van der Waals surface area (Å²) in [5.41, 5.74) is 0. The van der Waals surface area contributed by atoms with Crippen molar-refractivity contribution in [2.24, 2.45) is 11.8 Å². The average molecular weight is 293 g/mol. The van der Waals surface area contributed by atoms with Gasteiger partial charge in [-0.05, 0) is 63.5 Å². The van der Waals surface area contributed by atoms with Crippen molar-refractivity contribution in [1.82, 2.24) is 15.1 Å². The molecule has 2 aliphatic heterocycles. The summed E-state index contributed by atoms with van der Waals surface area (Å²) in [5.74, 6) is 1.80. The van der Waals surface area contributed by atoms with Crippen LogP contribution in [0.4, 0.5) is 0 Å². The zero-order chi connectivity index (χ0) is 14.7. The molecule has 4 heteroatoms. The van der Waals surface area contributed by atoms with Crippen molar-refractivity contribution in [3.8, 4) is 0 Å². The minimum Gasteiger partial charge on any atom is -0.341 e. The van der Waals surface area contributed by atoms with Crippen LogP contribution in [0.15, 0.2) is 0 Å². The van der Waals surface area contributed by atoms with Gasteiger partial charge in [-0.1, -0.05) is 6.92 Å². The van der Waals surface area contributed by atoms with Crippen molar-refractivity contribution in [3.05, 3.63) is 0 Å². The lowest BCUT2D eigenvalue weighted by molar-refractivity contribution is -0.134. The molecule has 1 aliphatic carbocycles. The van der Waals surface area contributed by atoms with Crippen LogP contribution >= 0.6 is 0 Å². The van der Waals surface area contributed by atoms with Crippen LogP contribution < -0.4 is 5.32 Å². The maximum Gasteiger partial charge on any atom is 0.236 e. The zero-order valence-corrected chi connectivity index (χ0v) is 13.5. The molecule has 0 bridgehead atoms.